The summed E-state index contributed by atoms with van der Waals surface area (Å²) >= 11 is 0. The summed E-state index contributed by atoms with van der Waals surface area (Å²) in [7, 11) is 3.45. The van der Waals surface area contributed by atoms with Crippen LogP contribution in [0.5, 0.6) is 5.88 Å². The quantitative estimate of drug-likeness (QED) is 0.642. The van der Waals surface area contributed by atoms with Crippen LogP contribution in [0.2, 0.25) is 0 Å². The minimum atomic E-state index is -4.42. The zero-order chi connectivity index (χ0) is 23.8. The SMILES string of the molecule is COC1([C@H]2C(=O)Nc3c(C)nc(NCc4ccc(OCC(F)(F)F)nc4)nc3N2C)CCC1. The van der Waals surface area contributed by atoms with E-state index in [0.717, 1.165) is 19.3 Å². The van der Waals surface area contributed by atoms with Crippen molar-refractivity contribution >= 4 is 23.4 Å². The molecule has 9 nitrogen and oxygen atoms in total. The molecule has 0 spiro atoms. The number of pyridine rings is 1. The van der Waals surface area contributed by atoms with Gasteiger partial charge in [0.25, 0.3) is 0 Å². The van der Waals surface area contributed by atoms with E-state index in [1.54, 1.807) is 20.1 Å². The summed E-state index contributed by atoms with van der Waals surface area (Å²) in [5.41, 5.74) is 1.34. The second-order valence-corrected chi connectivity index (χ2v) is 8.22. The van der Waals surface area contributed by atoms with Crippen molar-refractivity contribution in [3.8, 4) is 5.88 Å². The molecular formula is C21H25F3N6O3. The molecule has 0 saturated heterocycles. The molecule has 2 N–H and O–H groups in total. The fourth-order valence-corrected chi connectivity index (χ4v) is 4.17. The van der Waals surface area contributed by atoms with Crippen LogP contribution in [0.1, 0.15) is 30.5 Å². The Labute approximate surface area is 188 Å². The number of hydrogen-bond acceptors (Lipinski definition) is 8. The van der Waals surface area contributed by atoms with E-state index in [0.29, 0.717) is 35.3 Å². The number of aromatic nitrogens is 3. The van der Waals surface area contributed by atoms with E-state index < -0.39 is 24.4 Å². The summed E-state index contributed by atoms with van der Waals surface area (Å²) in [5.74, 6) is 0.693. The molecule has 1 amide bonds. The van der Waals surface area contributed by atoms with Crippen LogP contribution in [0.25, 0.3) is 0 Å². The van der Waals surface area contributed by atoms with Crippen molar-refractivity contribution in [1.82, 2.24) is 15.0 Å². The normalized spacial score (nSPS) is 19.4. The molecule has 178 valence electrons. The Balaban J connectivity index is 1.47. The second kappa shape index (κ2) is 8.65. The van der Waals surface area contributed by atoms with Crippen molar-refractivity contribution < 1.29 is 27.4 Å². The standard InChI is InChI=1S/C21H25F3N6O3/c1-12-15-17(30(2)16(18(31)28-15)20(32-3)7-4-8-20)29-19(27-12)26-10-13-5-6-14(25-9-13)33-11-21(22,23)24/h5-6,9,16H,4,7-8,10-11H2,1-3H3,(H,28,31)(H,26,27,29)/t16-/m1/s1. The van der Waals surface area contributed by atoms with Gasteiger partial charge in [0.05, 0.1) is 11.3 Å². The number of hydrogen-bond donors (Lipinski definition) is 2. The van der Waals surface area contributed by atoms with E-state index in [2.05, 4.69) is 30.3 Å². The van der Waals surface area contributed by atoms with Gasteiger partial charge in [0, 0.05) is 33.0 Å². The van der Waals surface area contributed by atoms with Gasteiger partial charge in [-0.25, -0.2) is 9.97 Å². The number of fused-ring (bicyclic) bond motifs is 1. The molecule has 0 radical (unpaired) electrons. The summed E-state index contributed by atoms with van der Waals surface area (Å²) in [6, 6.07) is 2.48. The Morgan fingerprint density at radius 3 is 2.64 bits per heavy atom. The number of carbonyl (C=O) groups is 1. The maximum atomic E-state index is 12.9. The van der Waals surface area contributed by atoms with E-state index in [-0.39, 0.29) is 11.8 Å². The number of likely N-dealkylation sites (N-methyl/N-ethyl adjacent to an activating group) is 1. The van der Waals surface area contributed by atoms with Crippen LogP contribution in [-0.4, -0.2) is 59.4 Å². The van der Waals surface area contributed by atoms with E-state index in [1.165, 1.54) is 12.3 Å². The molecule has 1 saturated carbocycles. The van der Waals surface area contributed by atoms with Gasteiger partial charge in [-0.15, -0.1) is 0 Å². The lowest BCUT2D eigenvalue weighted by atomic mass is 9.73. The largest absolute Gasteiger partial charge is 0.468 e. The van der Waals surface area contributed by atoms with Gasteiger partial charge in [-0.3, -0.25) is 4.79 Å². The molecule has 4 rings (SSSR count). The summed E-state index contributed by atoms with van der Waals surface area (Å²) in [5, 5.41) is 6.03. The Morgan fingerprint density at radius 1 is 1.30 bits per heavy atom. The number of nitrogens with zero attached hydrogens (tertiary/aromatic N) is 4. The van der Waals surface area contributed by atoms with Crippen LogP contribution in [0, 0.1) is 6.92 Å². The van der Waals surface area contributed by atoms with Gasteiger partial charge in [0.1, 0.15) is 11.7 Å². The highest BCUT2D eigenvalue weighted by Gasteiger charge is 2.52. The third-order valence-corrected chi connectivity index (χ3v) is 6.03. The number of amides is 1. The topological polar surface area (TPSA) is 102 Å². The van der Waals surface area contributed by atoms with Crippen LogP contribution < -0.4 is 20.3 Å². The molecule has 1 atom stereocenters. The first-order chi connectivity index (χ1) is 15.6. The predicted octanol–water partition coefficient (Wildman–Crippen LogP) is 3.06. The van der Waals surface area contributed by atoms with Crippen molar-refractivity contribution in [2.45, 2.75) is 50.6 Å². The Bertz CT molecular complexity index is 1020. The molecule has 2 aliphatic rings. The Hall–Kier alpha value is -3.15. The molecule has 0 aromatic carbocycles. The summed E-state index contributed by atoms with van der Waals surface area (Å²) in [6.07, 6.45) is -0.401. The number of carbonyl (C=O) groups excluding carboxylic acids is 1. The number of halogens is 3. The third kappa shape index (κ3) is 4.65. The summed E-state index contributed by atoms with van der Waals surface area (Å²) < 4.78 is 47.1. The molecule has 0 bridgehead atoms. The smallest absolute Gasteiger partial charge is 0.422 e. The third-order valence-electron chi connectivity index (χ3n) is 6.03. The average molecular weight is 466 g/mol. The van der Waals surface area contributed by atoms with Crippen LogP contribution in [-0.2, 0) is 16.1 Å². The van der Waals surface area contributed by atoms with E-state index >= 15 is 0 Å². The number of ether oxygens (including phenoxy) is 2. The molecule has 33 heavy (non-hydrogen) atoms. The molecule has 0 unspecified atom stereocenters. The van der Waals surface area contributed by atoms with Crippen LogP contribution in [0.4, 0.5) is 30.6 Å². The molecule has 12 heteroatoms. The van der Waals surface area contributed by atoms with Gasteiger partial charge in [-0.05, 0) is 31.7 Å². The van der Waals surface area contributed by atoms with Crippen LogP contribution >= 0.6 is 0 Å². The van der Waals surface area contributed by atoms with Gasteiger partial charge in [0.15, 0.2) is 12.4 Å². The van der Waals surface area contributed by atoms with Crippen molar-refractivity contribution in [2.75, 3.05) is 36.3 Å². The maximum absolute atomic E-state index is 12.9. The molecule has 1 aliphatic heterocycles. The van der Waals surface area contributed by atoms with Gasteiger partial charge in [-0.2, -0.15) is 18.2 Å². The highest BCUT2D eigenvalue weighted by molar-refractivity contribution is 6.04. The fourth-order valence-electron chi connectivity index (χ4n) is 4.17. The monoisotopic (exact) mass is 466 g/mol. The number of nitrogens with one attached hydrogen (secondary N) is 2. The van der Waals surface area contributed by atoms with E-state index in [4.69, 9.17) is 4.74 Å². The molecule has 2 aromatic rings. The molecule has 3 heterocycles. The molecular weight excluding hydrogens is 441 g/mol. The highest BCUT2D eigenvalue weighted by atomic mass is 19.4. The zero-order valence-corrected chi connectivity index (χ0v) is 18.5. The van der Waals surface area contributed by atoms with Crippen molar-refractivity contribution in [3.63, 3.8) is 0 Å². The molecule has 1 fully saturated rings. The number of alkyl halides is 3. The lowest BCUT2D eigenvalue weighted by molar-refractivity contribution is -0.154. The maximum Gasteiger partial charge on any atom is 0.422 e. The summed E-state index contributed by atoms with van der Waals surface area (Å²) in [6.45, 7) is 0.686. The first kappa shape index (κ1) is 23.0. The lowest BCUT2D eigenvalue weighted by Gasteiger charge is -2.50. The fraction of sp³-hybridized carbons (Fsp3) is 0.524. The van der Waals surface area contributed by atoms with Crippen LogP contribution in [0.3, 0.4) is 0 Å². The van der Waals surface area contributed by atoms with Crippen molar-refractivity contribution in [3.05, 3.63) is 29.6 Å². The van der Waals surface area contributed by atoms with Crippen molar-refractivity contribution in [1.29, 1.82) is 0 Å². The van der Waals surface area contributed by atoms with Gasteiger partial charge < -0.3 is 25.0 Å². The minimum absolute atomic E-state index is 0.108. The Kier molecular flexibility index (Phi) is 6.04. The van der Waals surface area contributed by atoms with Gasteiger partial charge in [-0.1, -0.05) is 6.07 Å². The average Bonchev–Trinajstić information content (AvgIpc) is 2.73. The minimum Gasteiger partial charge on any atom is -0.468 e. The Morgan fingerprint density at radius 2 is 2.06 bits per heavy atom. The first-order valence-electron chi connectivity index (χ1n) is 10.5. The van der Waals surface area contributed by atoms with Crippen molar-refractivity contribution in [2.24, 2.45) is 0 Å². The molecule has 2 aromatic heterocycles. The number of rotatable bonds is 7. The van der Waals surface area contributed by atoms with Crippen LogP contribution in [0.15, 0.2) is 18.3 Å². The zero-order valence-electron chi connectivity index (χ0n) is 18.5. The predicted molar refractivity (Wildman–Crippen MR) is 114 cm³/mol. The van der Waals surface area contributed by atoms with E-state index in [1.807, 2.05) is 11.9 Å². The summed E-state index contributed by atoms with van der Waals surface area (Å²) in [4.78, 5) is 27.6. The van der Waals surface area contributed by atoms with E-state index in [9.17, 15) is 18.0 Å². The lowest BCUT2D eigenvalue weighted by Crippen LogP contribution is -2.64. The number of anilines is 3. The van der Waals surface area contributed by atoms with Gasteiger partial charge in [0.2, 0.25) is 17.7 Å². The van der Waals surface area contributed by atoms with Gasteiger partial charge >= 0.3 is 6.18 Å². The number of methoxy groups -OCH3 is 1. The first-order valence-corrected chi connectivity index (χ1v) is 10.5. The number of aryl methyl sites for hydroxylation is 1. The molecule has 1 aliphatic carbocycles. The highest BCUT2D eigenvalue weighted by Crippen LogP contribution is 2.44. The second-order valence-electron chi connectivity index (χ2n) is 8.22.